The van der Waals surface area contributed by atoms with Crippen LogP contribution in [-0.4, -0.2) is 61.7 Å². The first-order valence-electron chi connectivity index (χ1n) is 9.67. The Bertz CT molecular complexity index is 478. The van der Waals surface area contributed by atoms with E-state index in [1.165, 1.54) is 43.7 Å². The quantitative estimate of drug-likeness (QED) is 0.789. The lowest BCUT2D eigenvalue weighted by molar-refractivity contribution is 0.0862. The molecule has 1 saturated heterocycles. The lowest BCUT2D eigenvalue weighted by Gasteiger charge is -2.40. The van der Waals surface area contributed by atoms with Gasteiger partial charge in [0, 0.05) is 44.8 Å². The van der Waals surface area contributed by atoms with Crippen molar-refractivity contribution in [1.82, 2.24) is 15.1 Å². The molecule has 1 aliphatic heterocycles. The number of benzene rings is 1. The summed E-state index contributed by atoms with van der Waals surface area (Å²) in [7, 11) is 2.23. The van der Waals surface area contributed by atoms with Crippen LogP contribution in [0.2, 0.25) is 0 Å². The molecule has 0 aromatic heterocycles. The van der Waals surface area contributed by atoms with Crippen LogP contribution in [0.5, 0.6) is 0 Å². The zero-order valence-electron chi connectivity index (χ0n) is 16.4. The standard InChI is InChI=1S/C21H37N3/c1-17(2)21(24-13-11-23(5)12-14-24)16-22-19(4)9-10-20-8-6-7-18(3)15-20/h6-8,15,17,19,21-22H,9-14,16H2,1-5H3. The maximum absolute atomic E-state index is 3.80. The largest absolute Gasteiger partial charge is 0.313 e. The molecule has 1 N–H and O–H groups in total. The van der Waals surface area contributed by atoms with Gasteiger partial charge in [-0.2, -0.15) is 0 Å². The van der Waals surface area contributed by atoms with E-state index in [-0.39, 0.29) is 0 Å². The second kappa shape index (κ2) is 9.55. The first-order chi connectivity index (χ1) is 11.5. The summed E-state index contributed by atoms with van der Waals surface area (Å²) in [5.41, 5.74) is 2.83. The van der Waals surface area contributed by atoms with Gasteiger partial charge in [0.2, 0.25) is 0 Å². The highest BCUT2D eigenvalue weighted by molar-refractivity contribution is 5.22. The van der Waals surface area contributed by atoms with E-state index in [1.807, 2.05) is 0 Å². The number of likely N-dealkylation sites (N-methyl/N-ethyl adjacent to an activating group) is 1. The maximum Gasteiger partial charge on any atom is 0.0244 e. The fraction of sp³-hybridized carbons (Fsp3) is 0.714. The summed E-state index contributed by atoms with van der Waals surface area (Å²) in [5.74, 6) is 0.699. The fourth-order valence-electron chi connectivity index (χ4n) is 3.61. The Morgan fingerprint density at radius 2 is 1.79 bits per heavy atom. The third-order valence-electron chi connectivity index (χ3n) is 5.40. The van der Waals surface area contributed by atoms with Crippen LogP contribution in [0.4, 0.5) is 0 Å². The van der Waals surface area contributed by atoms with E-state index in [2.05, 4.69) is 74.1 Å². The fourth-order valence-corrected chi connectivity index (χ4v) is 3.61. The van der Waals surface area contributed by atoms with Gasteiger partial charge in [-0.3, -0.25) is 4.90 Å². The Morgan fingerprint density at radius 1 is 1.08 bits per heavy atom. The van der Waals surface area contributed by atoms with Gasteiger partial charge >= 0.3 is 0 Å². The maximum atomic E-state index is 3.80. The van der Waals surface area contributed by atoms with Crippen LogP contribution in [0.1, 0.15) is 38.3 Å². The van der Waals surface area contributed by atoms with Gasteiger partial charge in [0.25, 0.3) is 0 Å². The van der Waals surface area contributed by atoms with Crippen molar-refractivity contribution < 1.29 is 0 Å². The van der Waals surface area contributed by atoms with Crippen LogP contribution in [0.25, 0.3) is 0 Å². The van der Waals surface area contributed by atoms with Gasteiger partial charge in [0.15, 0.2) is 0 Å². The monoisotopic (exact) mass is 331 g/mol. The number of nitrogens with zero attached hydrogens (tertiary/aromatic N) is 2. The summed E-state index contributed by atoms with van der Waals surface area (Å²) in [6.07, 6.45) is 2.37. The summed E-state index contributed by atoms with van der Waals surface area (Å²) in [4.78, 5) is 5.12. The van der Waals surface area contributed by atoms with Gasteiger partial charge in [-0.15, -0.1) is 0 Å². The van der Waals surface area contributed by atoms with Gasteiger partial charge in [0.05, 0.1) is 0 Å². The predicted molar refractivity (Wildman–Crippen MR) is 105 cm³/mol. The highest BCUT2D eigenvalue weighted by Gasteiger charge is 2.24. The molecule has 0 saturated carbocycles. The smallest absolute Gasteiger partial charge is 0.0244 e. The summed E-state index contributed by atoms with van der Waals surface area (Å²) in [5, 5.41) is 3.80. The van der Waals surface area contributed by atoms with Gasteiger partial charge in [-0.1, -0.05) is 43.7 Å². The number of aryl methyl sites for hydroxylation is 2. The number of hydrogen-bond acceptors (Lipinski definition) is 3. The van der Waals surface area contributed by atoms with E-state index in [0.717, 1.165) is 13.0 Å². The molecule has 0 amide bonds. The van der Waals surface area contributed by atoms with Crippen LogP contribution >= 0.6 is 0 Å². The van der Waals surface area contributed by atoms with Crippen molar-refractivity contribution in [2.24, 2.45) is 5.92 Å². The average Bonchev–Trinajstić information content (AvgIpc) is 2.54. The summed E-state index contributed by atoms with van der Waals surface area (Å²) >= 11 is 0. The van der Waals surface area contributed by atoms with Crippen LogP contribution in [0.15, 0.2) is 24.3 Å². The molecule has 1 aliphatic rings. The lowest BCUT2D eigenvalue weighted by atomic mass is 10.00. The third-order valence-corrected chi connectivity index (χ3v) is 5.40. The normalized spacial score (nSPS) is 19.6. The molecule has 0 aliphatic carbocycles. The first-order valence-corrected chi connectivity index (χ1v) is 9.67. The molecule has 24 heavy (non-hydrogen) atoms. The van der Waals surface area contributed by atoms with Crippen LogP contribution < -0.4 is 5.32 Å². The molecule has 0 bridgehead atoms. The van der Waals surface area contributed by atoms with Crippen molar-refractivity contribution >= 4 is 0 Å². The summed E-state index contributed by atoms with van der Waals surface area (Å²) in [6.45, 7) is 15.2. The van der Waals surface area contributed by atoms with Crippen LogP contribution in [0.3, 0.4) is 0 Å². The molecule has 2 rings (SSSR count). The molecule has 136 valence electrons. The highest BCUT2D eigenvalue weighted by atomic mass is 15.3. The molecule has 0 spiro atoms. The zero-order valence-corrected chi connectivity index (χ0v) is 16.4. The van der Waals surface area contributed by atoms with Crippen molar-refractivity contribution in [2.45, 2.75) is 52.6 Å². The van der Waals surface area contributed by atoms with E-state index in [1.54, 1.807) is 0 Å². The number of rotatable bonds is 8. The SMILES string of the molecule is Cc1cccc(CCC(C)NCC(C(C)C)N2CCN(C)CC2)c1. The molecule has 3 nitrogen and oxygen atoms in total. The van der Waals surface area contributed by atoms with Crippen molar-refractivity contribution in [1.29, 1.82) is 0 Å². The van der Waals surface area contributed by atoms with Gasteiger partial charge in [-0.05, 0) is 45.2 Å². The van der Waals surface area contributed by atoms with E-state index in [0.29, 0.717) is 18.0 Å². The molecule has 1 heterocycles. The Balaban J connectivity index is 1.76. The highest BCUT2D eigenvalue weighted by Crippen LogP contribution is 2.14. The van der Waals surface area contributed by atoms with E-state index >= 15 is 0 Å². The first kappa shape index (κ1) is 19.4. The minimum atomic E-state index is 0.569. The second-order valence-corrected chi connectivity index (χ2v) is 7.99. The molecule has 2 atom stereocenters. The zero-order chi connectivity index (χ0) is 17.5. The van der Waals surface area contributed by atoms with Gasteiger partial charge in [-0.25, -0.2) is 0 Å². The summed E-state index contributed by atoms with van der Waals surface area (Å²) in [6, 6.07) is 10.1. The molecule has 1 aromatic carbocycles. The van der Waals surface area contributed by atoms with Gasteiger partial charge in [0.1, 0.15) is 0 Å². The van der Waals surface area contributed by atoms with Crippen molar-refractivity contribution in [3.05, 3.63) is 35.4 Å². The summed E-state index contributed by atoms with van der Waals surface area (Å²) < 4.78 is 0. The van der Waals surface area contributed by atoms with Crippen molar-refractivity contribution in [3.8, 4) is 0 Å². The number of piperazine rings is 1. The number of hydrogen-bond donors (Lipinski definition) is 1. The molecule has 1 fully saturated rings. The molecule has 1 aromatic rings. The Morgan fingerprint density at radius 3 is 2.42 bits per heavy atom. The molecular formula is C21H37N3. The Labute approximate surface area is 149 Å². The lowest BCUT2D eigenvalue weighted by Crippen LogP contribution is -2.54. The molecule has 3 heteroatoms. The van der Waals surface area contributed by atoms with Crippen molar-refractivity contribution in [3.63, 3.8) is 0 Å². The third kappa shape index (κ3) is 6.19. The Hall–Kier alpha value is -0.900. The minimum absolute atomic E-state index is 0.569. The Kier molecular flexibility index (Phi) is 7.73. The van der Waals surface area contributed by atoms with E-state index in [9.17, 15) is 0 Å². The van der Waals surface area contributed by atoms with Crippen molar-refractivity contribution in [2.75, 3.05) is 39.8 Å². The average molecular weight is 332 g/mol. The predicted octanol–water partition coefficient (Wildman–Crippen LogP) is 3.18. The van der Waals surface area contributed by atoms with Crippen LogP contribution in [-0.2, 0) is 6.42 Å². The van der Waals surface area contributed by atoms with Crippen LogP contribution in [0, 0.1) is 12.8 Å². The number of nitrogens with one attached hydrogen (secondary N) is 1. The molecular weight excluding hydrogens is 294 g/mol. The molecule has 2 unspecified atom stereocenters. The topological polar surface area (TPSA) is 18.5 Å². The minimum Gasteiger partial charge on any atom is -0.313 e. The van der Waals surface area contributed by atoms with E-state index in [4.69, 9.17) is 0 Å². The molecule has 0 radical (unpaired) electrons. The second-order valence-electron chi connectivity index (χ2n) is 7.99. The van der Waals surface area contributed by atoms with E-state index < -0.39 is 0 Å². The van der Waals surface area contributed by atoms with Gasteiger partial charge < -0.3 is 10.2 Å².